The second-order valence-electron chi connectivity index (χ2n) is 10.2. The molecule has 1 aliphatic rings. The number of carbonyl (C=O) groups excluding carboxylic acids is 3. The fraction of sp³-hybridized carbons (Fsp3) is 0.379. The topological polar surface area (TPSA) is 99.6 Å². The second-order valence-corrected chi connectivity index (χ2v) is 10.2. The van der Waals surface area contributed by atoms with Crippen LogP contribution >= 0.6 is 0 Å². The highest BCUT2D eigenvalue weighted by Crippen LogP contribution is 2.29. The quantitative estimate of drug-likeness (QED) is 0.455. The summed E-state index contributed by atoms with van der Waals surface area (Å²) in [6.45, 7) is 7.01. The van der Waals surface area contributed by atoms with Gasteiger partial charge in [0.15, 0.2) is 5.69 Å². The first-order valence-corrected chi connectivity index (χ1v) is 12.9. The molecule has 38 heavy (non-hydrogen) atoms. The largest absolute Gasteiger partial charge is 0.378 e. The van der Waals surface area contributed by atoms with Crippen LogP contribution in [0.2, 0.25) is 0 Å². The number of nitrogens with one attached hydrogen (secondary N) is 2. The summed E-state index contributed by atoms with van der Waals surface area (Å²) in [5.74, 6) is -1.04. The number of aromatic nitrogens is 2. The van der Waals surface area contributed by atoms with Crippen molar-refractivity contribution >= 4 is 23.4 Å². The van der Waals surface area contributed by atoms with Crippen molar-refractivity contribution in [3.8, 4) is 0 Å². The van der Waals surface area contributed by atoms with Gasteiger partial charge in [-0.25, -0.2) is 4.98 Å². The van der Waals surface area contributed by atoms with Crippen LogP contribution in [0.4, 0.5) is 5.69 Å². The molecule has 1 aliphatic heterocycles. The molecule has 0 spiro atoms. The minimum atomic E-state index is -1.12. The fourth-order valence-corrected chi connectivity index (χ4v) is 4.68. The summed E-state index contributed by atoms with van der Waals surface area (Å²) in [5.41, 5.74) is 3.30. The Bertz CT molecular complexity index is 1310. The van der Waals surface area contributed by atoms with Crippen LogP contribution in [0.15, 0.2) is 54.9 Å². The van der Waals surface area contributed by atoms with Crippen molar-refractivity contribution in [3.05, 3.63) is 82.9 Å². The van der Waals surface area contributed by atoms with Gasteiger partial charge in [-0.3, -0.25) is 14.4 Å². The number of aryl methyl sites for hydroxylation is 1. The molecule has 4 rings (SSSR count). The van der Waals surface area contributed by atoms with E-state index >= 15 is 0 Å². The molecule has 0 aliphatic carbocycles. The Morgan fingerprint density at radius 1 is 1.00 bits per heavy atom. The molecule has 9 nitrogen and oxygen atoms in total. The van der Waals surface area contributed by atoms with Gasteiger partial charge in [-0.1, -0.05) is 48.9 Å². The Morgan fingerprint density at radius 2 is 1.61 bits per heavy atom. The summed E-state index contributed by atoms with van der Waals surface area (Å²) < 4.78 is 1.63. The maximum Gasteiger partial charge on any atom is 0.273 e. The van der Waals surface area contributed by atoms with E-state index in [1.165, 1.54) is 6.33 Å². The highest BCUT2D eigenvalue weighted by Gasteiger charge is 2.48. The minimum absolute atomic E-state index is 0.0723. The van der Waals surface area contributed by atoms with Crippen LogP contribution in [0, 0.1) is 6.92 Å². The molecule has 3 aromatic rings. The summed E-state index contributed by atoms with van der Waals surface area (Å²) in [6, 6.07) is 15.8. The van der Waals surface area contributed by atoms with Gasteiger partial charge in [-0.15, -0.1) is 0 Å². The minimum Gasteiger partial charge on any atom is -0.378 e. The summed E-state index contributed by atoms with van der Waals surface area (Å²) in [7, 11) is 3.94. The highest BCUT2D eigenvalue weighted by molar-refractivity contribution is 6.07. The molecule has 0 radical (unpaired) electrons. The number of hydrogen-bond acceptors (Lipinski definition) is 5. The zero-order chi connectivity index (χ0) is 27.4. The number of anilines is 1. The van der Waals surface area contributed by atoms with Crippen molar-refractivity contribution < 1.29 is 14.4 Å². The van der Waals surface area contributed by atoms with E-state index in [4.69, 9.17) is 0 Å². The maximum atomic E-state index is 13.7. The van der Waals surface area contributed by atoms with E-state index < -0.39 is 11.4 Å². The number of nitrogens with zero attached hydrogens (tertiary/aromatic N) is 4. The molecule has 2 heterocycles. The zero-order valence-corrected chi connectivity index (χ0v) is 22.7. The van der Waals surface area contributed by atoms with Crippen LogP contribution in [0.5, 0.6) is 0 Å². The van der Waals surface area contributed by atoms with E-state index in [0.29, 0.717) is 26.1 Å². The number of benzene rings is 2. The first-order chi connectivity index (χ1) is 18.1. The lowest BCUT2D eigenvalue weighted by Gasteiger charge is -2.43. The molecule has 9 heteroatoms. The van der Waals surface area contributed by atoms with E-state index in [1.807, 2.05) is 81.4 Å². The number of hydrogen-bond donors (Lipinski definition) is 2. The summed E-state index contributed by atoms with van der Waals surface area (Å²) >= 11 is 0. The number of rotatable bonds is 9. The maximum absolute atomic E-state index is 13.7. The van der Waals surface area contributed by atoms with Gasteiger partial charge in [0.25, 0.3) is 11.8 Å². The lowest BCUT2D eigenvalue weighted by Crippen LogP contribution is -2.64. The summed E-state index contributed by atoms with van der Waals surface area (Å²) in [4.78, 5) is 48.1. The second kappa shape index (κ2) is 11.1. The van der Waals surface area contributed by atoms with Gasteiger partial charge >= 0.3 is 0 Å². The van der Waals surface area contributed by atoms with Crippen LogP contribution in [0.3, 0.4) is 0 Å². The SMILES string of the molecule is CCCN1C(=O)c2c(C(=O)NCc3ccc(N(C)C)cc3)ncn2CC1(C)C(=O)NCc1ccc(C)cc1. The first kappa shape index (κ1) is 26.9. The van der Waals surface area contributed by atoms with Gasteiger partial charge in [0.05, 0.1) is 12.9 Å². The van der Waals surface area contributed by atoms with Crippen molar-refractivity contribution in [2.45, 2.75) is 52.4 Å². The lowest BCUT2D eigenvalue weighted by atomic mass is 9.93. The molecule has 1 atom stereocenters. The molecule has 1 aromatic heterocycles. The Labute approximate surface area is 223 Å². The third-order valence-electron chi connectivity index (χ3n) is 6.99. The molecule has 3 amide bonds. The standard InChI is InChI=1S/C29H36N6O3/c1-6-15-35-27(37)25-24(26(36)30-16-22-11-13-23(14-12-22)33(4)5)32-19-34(25)18-29(35,3)28(38)31-17-21-9-7-20(2)8-10-21/h7-14,19H,6,15-18H2,1-5H3,(H,30,36)(H,31,38). The average molecular weight is 517 g/mol. The van der Waals surface area contributed by atoms with E-state index in [1.54, 1.807) is 16.4 Å². The molecule has 1 unspecified atom stereocenters. The molecular weight excluding hydrogens is 480 g/mol. The summed E-state index contributed by atoms with van der Waals surface area (Å²) in [5, 5.41) is 5.87. The normalized spacial score (nSPS) is 16.7. The van der Waals surface area contributed by atoms with Crippen LogP contribution in [0.1, 0.15) is 57.9 Å². The van der Waals surface area contributed by atoms with Crippen LogP contribution < -0.4 is 15.5 Å². The van der Waals surface area contributed by atoms with Crippen molar-refractivity contribution in [1.29, 1.82) is 0 Å². The number of carbonyl (C=O) groups is 3. The number of amides is 3. The van der Waals surface area contributed by atoms with Gasteiger partial charge < -0.3 is 25.0 Å². The van der Waals surface area contributed by atoms with Crippen molar-refractivity contribution in [3.63, 3.8) is 0 Å². The van der Waals surface area contributed by atoms with Crippen molar-refractivity contribution in [2.75, 3.05) is 25.5 Å². The third-order valence-corrected chi connectivity index (χ3v) is 6.99. The predicted octanol–water partition coefficient (Wildman–Crippen LogP) is 3.13. The van der Waals surface area contributed by atoms with Crippen molar-refractivity contribution in [1.82, 2.24) is 25.1 Å². The van der Waals surface area contributed by atoms with Crippen LogP contribution in [-0.4, -0.2) is 58.4 Å². The Hall–Kier alpha value is -4.14. The Balaban J connectivity index is 1.50. The third kappa shape index (κ3) is 5.41. The van der Waals surface area contributed by atoms with E-state index in [-0.39, 0.29) is 29.7 Å². The fourth-order valence-electron chi connectivity index (χ4n) is 4.68. The lowest BCUT2D eigenvalue weighted by molar-refractivity contribution is -0.133. The molecule has 0 bridgehead atoms. The van der Waals surface area contributed by atoms with Gasteiger partial charge in [0.2, 0.25) is 5.91 Å². The highest BCUT2D eigenvalue weighted by atomic mass is 16.2. The summed E-state index contributed by atoms with van der Waals surface area (Å²) in [6.07, 6.45) is 2.15. The molecule has 0 fully saturated rings. The molecular formula is C29H36N6O3. The molecule has 2 N–H and O–H groups in total. The average Bonchev–Trinajstić information content (AvgIpc) is 3.33. The smallest absolute Gasteiger partial charge is 0.273 e. The number of imidazole rings is 1. The van der Waals surface area contributed by atoms with E-state index in [0.717, 1.165) is 22.4 Å². The Morgan fingerprint density at radius 3 is 2.21 bits per heavy atom. The monoisotopic (exact) mass is 516 g/mol. The van der Waals surface area contributed by atoms with Crippen LogP contribution in [-0.2, 0) is 24.4 Å². The molecule has 200 valence electrons. The van der Waals surface area contributed by atoms with Gasteiger partial charge in [-0.2, -0.15) is 0 Å². The van der Waals surface area contributed by atoms with Crippen LogP contribution in [0.25, 0.3) is 0 Å². The van der Waals surface area contributed by atoms with Gasteiger partial charge in [0.1, 0.15) is 11.2 Å². The van der Waals surface area contributed by atoms with Gasteiger partial charge in [-0.05, 0) is 43.5 Å². The van der Waals surface area contributed by atoms with Crippen molar-refractivity contribution in [2.24, 2.45) is 0 Å². The number of fused-ring (bicyclic) bond motifs is 1. The van der Waals surface area contributed by atoms with E-state index in [9.17, 15) is 14.4 Å². The van der Waals surface area contributed by atoms with Gasteiger partial charge in [0, 0.05) is 39.4 Å². The zero-order valence-electron chi connectivity index (χ0n) is 22.7. The molecule has 0 saturated heterocycles. The molecule has 0 saturated carbocycles. The predicted molar refractivity (Wildman–Crippen MR) is 147 cm³/mol. The molecule has 2 aromatic carbocycles. The first-order valence-electron chi connectivity index (χ1n) is 12.9. The Kier molecular flexibility index (Phi) is 7.85. The van der Waals surface area contributed by atoms with E-state index in [2.05, 4.69) is 15.6 Å².